The molecule has 0 fully saturated rings. The van der Waals surface area contributed by atoms with Crippen LogP contribution >= 0.6 is 11.6 Å². The molecule has 3 rings (SSSR count). The van der Waals surface area contributed by atoms with Gasteiger partial charge in [-0.15, -0.1) is 0 Å². The van der Waals surface area contributed by atoms with Gasteiger partial charge in [-0.1, -0.05) is 41.9 Å². The molecular weight excluding hydrogens is 386 g/mol. The number of hydrogen-bond donors (Lipinski definition) is 1. The topological polar surface area (TPSA) is 53.9 Å². The van der Waals surface area contributed by atoms with E-state index in [9.17, 15) is 4.79 Å². The number of carbonyl (C=O) groups is 1. The van der Waals surface area contributed by atoms with Crippen LogP contribution in [-0.2, 0) is 6.61 Å². The lowest BCUT2D eigenvalue weighted by Crippen LogP contribution is -2.18. The molecule has 0 saturated heterocycles. The summed E-state index contributed by atoms with van der Waals surface area (Å²) in [5.41, 5.74) is 5.76. The number of nitrogens with one attached hydrogen (secondary N) is 1. The minimum Gasteiger partial charge on any atom is -0.488 e. The highest BCUT2D eigenvalue weighted by Gasteiger charge is 2.06. The predicted molar refractivity (Wildman–Crippen MR) is 118 cm³/mol. The van der Waals surface area contributed by atoms with Crippen LogP contribution in [0.25, 0.3) is 0 Å². The monoisotopic (exact) mass is 407 g/mol. The van der Waals surface area contributed by atoms with E-state index in [0.29, 0.717) is 22.9 Å². The van der Waals surface area contributed by atoms with Crippen molar-refractivity contribution in [2.24, 2.45) is 5.10 Å². The summed E-state index contributed by atoms with van der Waals surface area (Å²) >= 11 is 6.18. The molecule has 0 aliphatic rings. The molecule has 0 atom stereocenters. The van der Waals surface area contributed by atoms with Crippen LogP contribution in [0.4, 0.5) is 5.69 Å². The maximum Gasteiger partial charge on any atom is 0.271 e. The number of benzene rings is 3. The van der Waals surface area contributed by atoms with Crippen LogP contribution in [0.3, 0.4) is 0 Å². The van der Waals surface area contributed by atoms with Crippen molar-refractivity contribution in [3.05, 3.63) is 94.5 Å². The van der Waals surface area contributed by atoms with Crippen molar-refractivity contribution in [2.45, 2.75) is 6.61 Å². The highest BCUT2D eigenvalue weighted by molar-refractivity contribution is 6.31. The van der Waals surface area contributed by atoms with E-state index in [2.05, 4.69) is 10.5 Å². The van der Waals surface area contributed by atoms with Gasteiger partial charge in [0.1, 0.15) is 12.4 Å². The van der Waals surface area contributed by atoms with E-state index in [1.165, 1.54) is 0 Å². The summed E-state index contributed by atoms with van der Waals surface area (Å²) in [6.45, 7) is 0.342. The van der Waals surface area contributed by atoms with Crippen LogP contribution in [0.1, 0.15) is 21.5 Å². The van der Waals surface area contributed by atoms with E-state index in [1.54, 1.807) is 18.3 Å². The van der Waals surface area contributed by atoms with Crippen molar-refractivity contribution in [2.75, 3.05) is 19.0 Å². The lowest BCUT2D eigenvalue weighted by molar-refractivity contribution is 0.0955. The van der Waals surface area contributed by atoms with Crippen molar-refractivity contribution in [1.82, 2.24) is 5.43 Å². The van der Waals surface area contributed by atoms with E-state index >= 15 is 0 Å². The largest absolute Gasteiger partial charge is 0.488 e. The molecule has 0 unspecified atom stereocenters. The van der Waals surface area contributed by atoms with Gasteiger partial charge in [0, 0.05) is 41.5 Å². The van der Waals surface area contributed by atoms with Crippen LogP contribution in [0.15, 0.2) is 77.9 Å². The van der Waals surface area contributed by atoms with Crippen molar-refractivity contribution < 1.29 is 9.53 Å². The number of halogens is 1. The Morgan fingerprint density at radius 3 is 2.45 bits per heavy atom. The highest BCUT2D eigenvalue weighted by atomic mass is 35.5. The van der Waals surface area contributed by atoms with Crippen molar-refractivity contribution in [1.29, 1.82) is 0 Å². The predicted octanol–water partition coefficient (Wildman–Crippen LogP) is 4.75. The molecule has 3 aromatic carbocycles. The second-order valence-corrected chi connectivity index (χ2v) is 6.97. The standard InChI is InChI=1S/C23H22ClN3O2/c1-27(2)20-13-11-17(12-14-20)23(28)26-25-15-18-7-4-6-10-22(18)29-16-19-8-3-5-9-21(19)24/h3-15H,16H2,1-2H3,(H,26,28)/b25-15-. The Hall–Kier alpha value is -3.31. The van der Waals surface area contributed by atoms with Gasteiger partial charge in [0.25, 0.3) is 5.91 Å². The molecule has 0 saturated carbocycles. The first kappa shape index (κ1) is 20.4. The number of carbonyl (C=O) groups excluding carboxylic acids is 1. The number of hydrazone groups is 1. The van der Waals surface area contributed by atoms with E-state index in [4.69, 9.17) is 16.3 Å². The number of hydrogen-bond acceptors (Lipinski definition) is 4. The smallest absolute Gasteiger partial charge is 0.271 e. The van der Waals surface area contributed by atoms with Crippen molar-refractivity contribution >= 4 is 29.4 Å². The molecule has 1 N–H and O–H groups in total. The molecule has 0 radical (unpaired) electrons. The molecule has 1 amide bonds. The Morgan fingerprint density at radius 2 is 1.72 bits per heavy atom. The summed E-state index contributed by atoms with van der Waals surface area (Å²) in [5.74, 6) is 0.377. The lowest BCUT2D eigenvalue weighted by Gasteiger charge is -2.12. The van der Waals surface area contributed by atoms with Crippen LogP contribution in [0, 0.1) is 0 Å². The maximum atomic E-state index is 12.3. The molecule has 5 nitrogen and oxygen atoms in total. The Labute approximate surface area is 175 Å². The summed E-state index contributed by atoms with van der Waals surface area (Å²) in [7, 11) is 3.90. The Bertz CT molecular complexity index is 1000. The second kappa shape index (κ2) is 9.75. The minimum absolute atomic E-state index is 0.277. The van der Waals surface area contributed by atoms with E-state index < -0.39 is 0 Å². The third kappa shape index (κ3) is 5.59. The number of ether oxygens (including phenoxy) is 1. The molecule has 6 heteroatoms. The molecule has 0 bridgehead atoms. The Kier molecular flexibility index (Phi) is 6.87. The van der Waals surface area contributed by atoms with Gasteiger partial charge in [-0.05, 0) is 42.5 Å². The third-order valence-corrected chi connectivity index (χ3v) is 4.64. The fourth-order valence-electron chi connectivity index (χ4n) is 2.63. The van der Waals surface area contributed by atoms with Gasteiger partial charge >= 0.3 is 0 Å². The normalized spacial score (nSPS) is 10.7. The van der Waals surface area contributed by atoms with Gasteiger partial charge < -0.3 is 9.64 Å². The number of rotatable bonds is 7. The molecule has 0 aliphatic heterocycles. The van der Waals surface area contributed by atoms with Gasteiger partial charge in [0.15, 0.2) is 0 Å². The molecule has 29 heavy (non-hydrogen) atoms. The molecule has 0 spiro atoms. The molecule has 0 aromatic heterocycles. The SMILES string of the molecule is CN(C)c1ccc(C(=O)N/N=C\c2ccccc2OCc2ccccc2Cl)cc1. The van der Waals surface area contributed by atoms with Gasteiger partial charge in [-0.3, -0.25) is 4.79 Å². The van der Waals surface area contributed by atoms with Gasteiger partial charge in [-0.2, -0.15) is 5.10 Å². The van der Waals surface area contributed by atoms with Gasteiger partial charge in [0.05, 0.1) is 6.21 Å². The fourth-order valence-corrected chi connectivity index (χ4v) is 2.82. The molecule has 3 aromatic rings. The average Bonchev–Trinajstić information content (AvgIpc) is 2.74. The molecule has 0 aliphatic carbocycles. The number of nitrogens with zero attached hydrogens (tertiary/aromatic N) is 2. The van der Waals surface area contributed by atoms with Crippen LogP contribution in [0.5, 0.6) is 5.75 Å². The first-order valence-electron chi connectivity index (χ1n) is 9.10. The summed E-state index contributed by atoms with van der Waals surface area (Å²) in [6.07, 6.45) is 1.56. The zero-order valence-corrected chi connectivity index (χ0v) is 17.1. The summed E-state index contributed by atoms with van der Waals surface area (Å²) in [5, 5.41) is 4.73. The van der Waals surface area contributed by atoms with Crippen LogP contribution < -0.4 is 15.1 Å². The first-order chi connectivity index (χ1) is 14.0. The van der Waals surface area contributed by atoms with E-state index in [-0.39, 0.29) is 5.91 Å². The maximum absolute atomic E-state index is 12.3. The van der Waals surface area contributed by atoms with Gasteiger partial charge in [-0.25, -0.2) is 5.43 Å². The molecular formula is C23H22ClN3O2. The van der Waals surface area contributed by atoms with E-state index in [1.807, 2.05) is 79.7 Å². The third-order valence-electron chi connectivity index (χ3n) is 4.28. The molecule has 148 valence electrons. The quantitative estimate of drug-likeness (QED) is 0.454. The van der Waals surface area contributed by atoms with Crippen LogP contribution in [-0.4, -0.2) is 26.2 Å². The van der Waals surface area contributed by atoms with Crippen molar-refractivity contribution in [3.63, 3.8) is 0 Å². The fraction of sp³-hybridized carbons (Fsp3) is 0.130. The minimum atomic E-state index is -0.277. The zero-order valence-electron chi connectivity index (χ0n) is 16.3. The number of anilines is 1. The van der Waals surface area contributed by atoms with Gasteiger partial charge in [0.2, 0.25) is 0 Å². The summed E-state index contributed by atoms with van der Waals surface area (Å²) in [4.78, 5) is 14.2. The Morgan fingerprint density at radius 1 is 1.03 bits per heavy atom. The lowest BCUT2D eigenvalue weighted by atomic mass is 10.2. The molecule has 0 heterocycles. The summed E-state index contributed by atoms with van der Waals surface area (Å²) < 4.78 is 5.89. The average molecular weight is 408 g/mol. The van der Waals surface area contributed by atoms with E-state index in [0.717, 1.165) is 16.8 Å². The number of amides is 1. The zero-order chi connectivity index (χ0) is 20.6. The summed E-state index contributed by atoms with van der Waals surface area (Å²) in [6, 6.07) is 22.3. The number of para-hydroxylation sites is 1. The first-order valence-corrected chi connectivity index (χ1v) is 9.48. The second-order valence-electron chi connectivity index (χ2n) is 6.56. The Balaban J connectivity index is 1.63. The highest BCUT2D eigenvalue weighted by Crippen LogP contribution is 2.21. The van der Waals surface area contributed by atoms with Crippen LogP contribution in [0.2, 0.25) is 5.02 Å². The van der Waals surface area contributed by atoms with Crippen molar-refractivity contribution in [3.8, 4) is 5.75 Å².